The molecule has 1 aliphatic heterocycles. The zero-order valence-corrected chi connectivity index (χ0v) is 10.6. The van der Waals surface area contributed by atoms with E-state index >= 15 is 0 Å². The lowest BCUT2D eigenvalue weighted by Crippen LogP contribution is -2.42. The van der Waals surface area contributed by atoms with Crippen LogP contribution in [0.15, 0.2) is 0 Å². The van der Waals surface area contributed by atoms with Gasteiger partial charge in [0.1, 0.15) is 0 Å². The van der Waals surface area contributed by atoms with E-state index in [1.807, 2.05) is 0 Å². The van der Waals surface area contributed by atoms with E-state index in [4.69, 9.17) is 5.73 Å². The minimum absolute atomic E-state index is 0.247. The maximum absolute atomic E-state index is 5.75. The molecule has 3 nitrogen and oxygen atoms in total. The van der Waals surface area contributed by atoms with E-state index in [-0.39, 0.29) is 5.41 Å². The highest BCUT2D eigenvalue weighted by Crippen LogP contribution is 2.16. The Hall–Kier alpha value is -0.120. The monoisotopic (exact) mass is 213 g/mol. The number of hydrogen-bond acceptors (Lipinski definition) is 3. The minimum atomic E-state index is 0.247. The third kappa shape index (κ3) is 4.96. The zero-order chi connectivity index (χ0) is 11.3. The van der Waals surface area contributed by atoms with Gasteiger partial charge in [-0.25, -0.2) is 0 Å². The number of hydrogen-bond donors (Lipinski definition) is 2. The number of nitrogens with zero attached hydrogens (tertiary/aromatic N) is 1. The molecule has 0 aromatic heterocycles. The van der Waals surface area contributed by atoms with Crippen molar-refractivity contribution >= 4 is 0 Å². The third-order valence-electron chi connectivity index (χ3n) is 3.22. The molecule has 3 N–H and O–H groups in total. The van der Waals surface area contributed by atoms with Gasteiger partial charge in [0.2, 0.25) is 0 Å². The first-order valence-corrected chi connectivity index (χ1v) is 6.13. The van der Waals surface area contributed by atoms with E-state index in [2.05, 4.69) is 31.1 Å². The highest BCUT2D eigenvalue weighted by Gasteiger charge is 2.21. The predicted molar refractivity (Wildman–Crippen MR) is 65.9 cm³/mol. The molecular weight excluding hydrogens is 186 g/mol. The Morgan fingerprint density at radius 3 is 2.73 bits per heavy atom. The summed E-state index contributed by atoms with van der Waals surface area (Å²) in [7, 11) is 2.21. The van der Waals surface area contributed by atoms with Crippen LogP contribution in [0.3, 0.4) is 0 Å². The number of nitrogens with two attached hydrogens (primary N) is 1. The van der Waals surface area contributed by atoms with Crippen molar-refractivity contribution in [3.05, 3.63) is 0 Å². The first-order valence-electron chi connectivity index (χ1n) is 6.13. The molecule has 90 valence electrons. The largest absolute Gasteiger partial charge is 0.330 e. The fraction of sp³-hybridized carbons (Fsp3) is 1.00. The van der Waals surface area contributed by atoms with Crippen LogP contribution in [0.4, 0.5) is 0 Å². The first-order chi connectivity index (χ1) is 7.03. The molecule has 0 bridgehead atoms. The second-order valence-corrected chi connectivity index (χ2v) is 5.78. The van der Waals surface area contributed by atoms with Gasteiger partial charge in [-0.3, -0.25) is 0 Å². The van der Waals surface area contributed by atoms with Crippen LogP contribution in [0.25, 0.3) is 0 Å². The van der Waals surface area contributed by atoms with E-state index in [0.717, 1.165) is 19.0 Å². The average molecular weight is 213 g/mol. The SMILES string of the molecule is CN(CC1CCCNC1)CC(C)(C)CN. The molecular formula is C12H27N3. The van der Waals surface area contributed by atoms with Crippen LogP contribution in [0.2, 0.25) is 0 Å². The van der Waals surface area contributed by atoms with Crippen molar-refractivity contribution in [2.24, 2.45) is 17.1 Å². The molecule has 3 heteroatoms. The number of piperidine rings is 1. The van der Waals surface area contributed by atoms with Gasteiger partial charge in [-0.05, 0) is 50.9 Å². The third-order valence-corrected chi connectivity index (χ3v) is 3.22. The van der Waals surface area contributed by atoms with Crippen molar-refractivity contribution in [2.45, 2.75) is 26.7 Å². The normalized spacial score (nSPS) is 23.4. The van der Waals surface area contributed by atoms with Gasteiger partial charge in [0.25, 0.3) is 0 Å². The molecule has 1 unspecified atom stereocenters. The summed E-state index contributed by atoms with van der Waals surface area (Å²) in [6, 6.07) is 0. The van der Waals surface area contributed by atoms with Gasteiger partial charge in [-0.2, -0.15) is 0 Å². The summed E-state index contributed by atoms with van der Waals surface area (Å²) < 4.78 is 0. The van der Waals surface area contributed by atoms with E-state index in [1.165, 1.54) is 32.5 Å². The first kappa shape index (κ1) is 12.9. The quantitative estimate of drug-likeness (QED) is 0.713. The number of rotatable bonds is 5. The second kappa shape index (κ2) is 5.83. The summed E-state index contributed by atoms with van der Waals surface area (Å²) >= 11 is 0. The van der Waals surface area contributed by atoms with Crippen molar-refractivity contribution in [1.29, 1.82) is 0 Å². The van der Waals surface area contributed by atoms with E-state index in [1.54, 1.807) is 0 Å². The maximum Gasteiger partial charge on any atom is 0.00418 e. The fourth-order valence-electron chi connectivity index (χ4n) is 2.38. The molecule has 1 fully saturated rings. The fourth-order valence-corrected chi connectivity index (χ4v) is 2.38. The van der Waals surface area contributed by atoms with Crippen molar-refractivity contribution in [3.8, 4) is 0 Å². The Bertz CT molecular complexity index is 174. The van der Waals surface area contributed by atoms with Crippen LogP contribution in [0.1, 0.15) is 26.7 Å². The summed E-state index contributed by atoms with van der Waals surface area (Å²) in [6.07, 6.45) is 2.71. The molecule has 1 rings (SSSR count). The Kier molecular flexibility index (Phi) is 5.03. The lowest BCUT2D eigenvalue weighted by molar-refractivity contribution is 0.178. The molecule has 0 aromatic rings. The Morgan fingerprint density at radius 1 is 1.47 bits per heavy atom. The topological polar surface area (TPSA) is 41.3 Å². The van der Waals surface area contributed by atoms with E-state index in [9.17, 15) is 0 Å². The summed E-state index contributed by atoms with van der Waals surface area (Å²) in [5.41, 5.74) is 6.00. The molecule has 1 atom stereocenters. The maximum atomic E-state index is 5.75. The lowest BCUT2D eigenvalue weighted by atomic mass is 9.92. The molecule has 0 aromatic carbocycles. The predicted octanol–water partition coefficient (Wildman–Crippen LogP) is 0.903. The Balaban J connectivity index is 2.25. The molecule has 0 spiro atoms. The summed E-state index contributed by atoms with van der Waals surface area (Å²) in [4.78, 5) is 2.44. The highest BCUT2D eigenvalue weighted by molar-refractivity contribution is 4.77. The number of nitrogens with one attached hydrogen (secondary N) is 1. The summed E-state index contributed by atoms with van der Waals surface area (Å²) in [5, 5.41) is 3.47. The summed E-state index contributed by atoms with van der Waals surface area (Å²) in [5.74, 6) is 0.831. The molecule has 1 saturated heterocycles. The van der Waals surface area contributed by atoms with Crippen LogP contribution < -0.4 is 11.1 Å². The standard InChI is InChI=1S/C12H27N3/c1-12(2,9-13)10-15(3)8-11-5-4-6-14-7-11/h11,14H,4-10,13H2,1-3H3. The molecule has 15 heavy (non-hydrogen) atoms. The van der Waals surface area contributed by atoms with Gasteiger partial charge in [0, 0.05) is 13.1 Å². The van der Waals surface area contributed by atoms with Crippen LogP contribution in [0.5, 0.6) is 0 Å². The van der Waals surface area contributed by atoms with Crippen molar-refractivity contribution in [2.75, 3.05) is 39.8 Å². The summed E-state index contributed by atoms with van der Waals surface area (Å²) in [6.45, 7) is 9.93. The molecule has 1 aliphatic rings. The van der Waals surface area contributed by atoms with Crippen LogP contribution in [-0.2, 0) is 0 Å². The zero-order valence-electron chi connectivity index (χ0n) is 10.6. The minimum Gasteiger partial charge on any atom is -0.330 e. The van der Waals surface area contributed by atoms with Crippen LogP contribution in [-0.4, -0.2) is 44.7 Å². The second-order valence-electron chi connectivity index (χ2n) is 5.78. The highest BCUT2D eigenvalue weighted by atomic mass is 15.1. The molecule has 0 amide bonds. The average Bonchev–Trinajstić information content (AvgIpc) is 2.18. The smallest absolute Gasteiger partial charge is 0.00418 e. The molecule has 1 heterocycles. The van der Waals surface area contributed by atoms with Crippen LogP contribution >= 0.6 is 0 Å². The van der Waals surface area contributed by atoms with E-state index in [0.29, 0.717) is 0 Å². The van der Waals surface area contributed by atoms with Gasteiger partial charge in [-0.15, -0.1) is 0 Å². The van der Waals surface area contributed by atoms with Crippen molar-refractivity contribution < 1.29 is 0 Å². The van der Waals surface area contributed by atoms with Crippen molar-refractivity contribution in [3.63, 3.8) is 0 Å². The Labute approximate surface area is 94.4 Å². The Morgan fingerprint density at radius 2 is 2.20 bits per heavy atom. The molecule has 0 saturated carbocycles. The van der Waals surface area contributed by atoms with Crippen LogP contribution in [0, 0.1) is 11.3 Å². The van der Waals surface area contributed by atoms with Gasteiger partial charge in [-0.1, -0.05) is 13.8 Å². The van der Waals surface area contributed by atoms with Gasteiger partial charge < -0.3 is 16.0 Å². The molecule has 0 radical (unpaired) electrons. The van der Waals surface area contributed by atoms with E-state index < -0.39 is 0 Å². The van der Waals surface area contributed by atoms with Gasteiger partial charge in [0.05, 0.1) is 0 Å². The van der Waals surface area contributed by atoms with Gasteiger partial charge in [0.15, 0.2) is 0 Å². The van der Waals surface area contributed by atoms with Crippen molar-refractivity contribution in [1.82, 2.24) is 10.2 Å². The molecule has 0 aliphatic carbocycles. The van der Waals surface area contributed by atoms with Gasteiger partial charge >= 0.3 is 0 Å². The lowest BCUT2D eigenvalue weighted by Gasteiger charge is -2.32.